The minimum Gasteiger partial charge on any atom is -0.309 e. The van der Waals surface area contributed by atoms with Gasteiger partial charge in [-0.2, -0.15) is 8.42 Å². The van der Waals surface area contributed by atoms with Gasteiger partial charge in [-0.3, -0.25) is 4.55 Å². The highest BCUT2D eigenvalue weighted by molar-refractivity contribution is 7.86. The van der Waals surface area contributed by atoms with Crippen LogP contribution in [0.3, 0.4) is 0 Å². The topological polar surface area (TPSA) is 57.6 Å². The fourth-order valence-corrected chi connectivity index (χ4v) is 3.90. The van der Waals surface area contributed by atoms with Crippen molar-refractivity contribution in [2.24, 2.45) is 5.92 Å². The Labute approximate surface area is 125 Å². The van der Waals surface area contributed by atoms with Gasteiger partial charge in [-0.05, 0) is 45.8 Å². The summed E-state index contributed by atoms with van der Waals surface area (Å²) in [7, 11) is -0.0959. The van der Waals surface area contributed by atoms with Gasteiger partial charge in [0.15, 0.2) is 0 Å². The minimum absolute atomic E-state index is 0.0896. The summed E-state index contributed by atoms with van der Waals surface area (Å²) in [6.07, 6.45) is 7.87. The standard InChI is InChI=1S/C15H33NO3S/c1-5-7-8-9-11-14(10-6-2)15(20(17,18)19)12-13-16(3)4/h14-15H,5-13H2,1-4H3,(H,17,18,19). The molecule has 0 saturated carbocycles. The lowest BCUT2D eigenvalue weighted by atomic mass is 9.91. The lowest BCUT2D eigenvalue weighted by Gasteiger charge is -2.26. The third kappa shape index (κ3) is 8.93. The summed E-state index contributed by atoms with van der Waals surface area (Å²) in [6.45, 7) is 4.94. The van der Waals surface area contributed by atoms with Crippen molar-refractivity contribution in [1.29, 1.82) is 0 Å². The van der Waals surface area contributed by atoms with Crippen molar-refractivity contribution < 1.29 is 13.0 Å². The monoisotopic (exact) mass is 307 g/mol. The van der Waals surface area contributed by atoms with Crippen LogP contribution in [0.5, 0.6) is 0 Å². The molecule has 0 aromatic heterocycles. The summed E-state index contributed by atoms with van der Waals surface area (Å²) in [5.74, 6) is 0.0896. The summed E-state index contributed by atoms with van der Waals surface area (Å²) in [5.41, 5.74) is 0. The van der Waals surface area contributed by atoms with E-state index < -0.39 is 15.4 Å². The van der Waals surface area contributed by atoms with Crippen molar-refractivity contribution in [2.45, 2.75) is 70.5 Å². The third-order valence-corrected chi connectivity index (χ3v) is 5.24. The normalized spacial score (nSPS) is 15.5. The summed E-state index contributed by atoms with van der Waals surface area (Å²) >= 11 is 0. The Morgan fingerprint density at radius 1 is 0.950 bits per heavy atom. The van der Waals surface area contributed by atoms with E-state index in [0.29, 0.717) is 13.0 Å². The van der Waals surface area contributed by atoms with Crippen LogP contribution in [0.4, 0.5) is 0 Å². The van der Waals surface area contributed by atoms with Gasteiger partial charge in [0.1, 0.15) is 0 Å². The first-order valence-corrected chi connectivity index (χ1v) is 9.44. The molecule has 2 unspecified atom stereocenters. The molecule has 1 N–H and O–H groups in total. The van der Waals surface area contributed by atoms with Crippen LogP contribution < -0.4 is 0 Å². The van der Waals surface area contributed by atoms with Crippen molar-refractivity contribution >= 4 is 10.1 Å². The fraction of sp³-hybridized carbons (Fsp3) is 1.00. The van der Waals surface area contributed by atoms with Gasteiger partial charge in [0, 0.05) is 0 Å². The Balaban J connectivity index is 4.65. The molecule has 122 valence electrons. The minimum atomic E-state index is -3.95. The van der Waals surface area contributed by atoms with E-state index in [1.165, 1.54) is 12.8 Å². The molecule has 4 nitrogen and oxygen atoms in total. The van der Waals surface area contributed by atoms with Crippen LogP contribution in [0.2, 0.25) is 0 Å². The zero-order valence-electron chi connectivity index (χ0n) is 13.6. The van der Waals surface area contributed by atoms with E-state index in [1.807, 2.05) is 19.0 Å². The number of nitrogens with zero attached hydrogens (tertiary/aromatic N) is 1. The van der Waals surface area contributed by atoms with Gasteiger partial charge in [-0.15, -0.1) is 0 Å². The lowest BCUT2D eigenvalue weighted by molar-refractivity contribution is 0.324. The Hall–Kier alpha value is -0.130. The summed E-state index contributed by atoms with van der Waals surface area (Å²) in [5, 5.41) is -0.605. The van der Waals surface area contributed by atoms with Crippen molar-refractivity contribution in [3.63, 3.8) is 0 Å². The summed E-state index contributed by atoms with van der Waals surface area (Å²) < 4.78 is 32.9. The van der Waals surface area contributed by atoms with E-state index >= 15 is 0 Å². The molecule has 0 rings (SSSR count). The van der Waals surface area contributed by atoms with Crippen LogP contribution >= 0.6 is 0 Å². The average molecular weight is 308 g/mol. The van der Waals surface area contributed by atoms with Gasteiger partial charge >= 0.3 is 0 Å². The number of hydrogen-bond donors (Lipinski definition) is 1. The van der Waals surface area contributed by atoms with Crippen molar-refractivity contribution in [3.05, 3.63) is 0 Å². The highest BCUT2D eigenvalue weighted by atomic mass is 32.2. The van der Waals surface area contributed by atoms with Crippen molar-refractivity contribution in [3.8, 4) is 0 Å². The highest BCUT2D eigenvalue weighted by Gasteiger charge is 2.30. The van der Waals surface area contributed by atoms with Gasteiger partial charge in [0.05, 0.1) is 5.25 Å². The molecule has 0 bridgehead atoms. The maximum atomic E-state index is 11.7. The van der Waals surface area contributed by atoms with Gasteiger partial charge in [0.2, 0.25) is 0 Å². The second kappa shape index (κ2) is 10.6. The van der Waals surface area contributed by atoms with Crippen LogP contribution in [0.1, 0.15) is 65.2 Å². The first-order valence-electron chi connectivity index (χ1n) is 7.93. The number of unbranched alkanes of at least 4 members (excludes halogenated alkanes) is 3. The molecule has 0 aliphatic rings. The first-order chi connectivity index (χ1) is 9.32. The van der Waals surface area contributed by atoms with E-state index in [1.54, 1.807) is 0 Å². The molecule has 0 aliphatic heterocycles. The van der Waals surface area contributed by atoms with E-state index in [0.717, 1.165) is 32.1 Å². The molecule has 5 heteroatoms. The average Bonchev–Trinajstić information content (AvgIpc) is 2.32. The van der Waals surface area contributed by atoms with Crippen LogP contribution in [0.15, 0.2) is 0 Å². The summed E-state index contributed by atoms with van der Waals surface area (Å²) in [6, 6.07) is 0. The van der Waals surface area contributed by atoms with Crippen molar-refractivity contribution in [2.75, 3.05) is 20.6 Å². The van der Waals surface area contributed by atoms with E-state index in [4.69, 9.17) is 0 Å². The Morgan fingerprint density at radius 3 is 2.05 bits per heavy atom. The third-order valence-electron chi connectivity index (χ3n) is 3.86. The van der Waals surface area contributed by atoms with Crippen molar-refractivity contribution in [1.82, 2.24) is 4.90 Å². The molecule has 20 heavy (non-hydrogen) atoms. The first kappa shape index (κ1) is 19.9. The number of rotatable bonds is 12. The highest BCUT2D eigenvalue weighted by Crippen LogP contribution is 2.26. The molecule has 0 aromatic rings. The molecule has 0 aromatic carbocycles. The zero-order chi connectivity index (χ0) is 15.6. The molecule has 0 saturated heterocycles. The SMILES string of the molecule is CCCCCCC(CCC)C(CCN(C)C)S(=O)(=O)O. The van der Waals surface area contributed by atoms with E-state index in [-0.39, 0.29) is 5.92 Å². The molecule has 0 aliphatic carbocycles. The Kier molecular flexibility index (Phi) is 10.5. The zero-order valence-corrected chi connectivity index (χ0v) is 14.5. The second-order valence-electron chi connectivity index (χ2n) is 6.04. The van der Waals surface area contributed by atoms with Crippen LogP contribution in [0, 0.1) is 5.92 Å². The Bertz CT molecular complexity index is 328. The van der Waals surface area contributed by atoms with Gasteiger partial charge in [0.25, 0.3) is 10.1 Å². The Morgan fingerprint density at radius 2 is 1.60 bits per heavy atom. The second-order valence-corrected chi connectivity index (χ2v) is 7.68. The molecular formula is C15H33NO3S. The van der Waals surface area contributed by atoms with Gasteiger partial charge in [-0.1, -0.05) is 46.0 Å². The van der Waals surface area contributed by atoms with Crippen LogP contribution in [-0.2, 0) is 10.1 Å². The van der Waals surface area contributed by atoms with Gasteiger partial charge in [-0.25, -0.2) is 0 Å². The van der Waals surface area contributed by atoms with E-state index in [9.17, 15) is 13.0 Å². The molecule has 2 atom stereocenters. The molecule has 0 radical (unpaired) electrons. The molecular weight excluding hydrogens is 274 g/mol. The molecule has 0 amide bonds. The predicted octanol–water partition coefficient (Wildman–Crippen LogP) is 3.58. The number of hydrogen-bond acceptors (Lipinski definition) is 3. The van der Waals surface area contributed by atoms with Crippen LogP contribution in [0.25, 0.3) is 0 Å². The van der Waals surface area contributed by atoms with E-state index in [2.05, 4.69) is 13.8 Å². The predicted molar refractivity (Wildman–Crippen MR) is 85.7 cm³/mol. The molecule has 0 fully saturated rings. The smallest absolute Gasteiger partial charge is 0.268 e. The maximum absolute atomic E-state index is 11.7. The molecule has 0 spiro atoms. The molecule has 0 heterocycles. The maximum Gasteiger partial charge on any atom is 0.268 e. The lowest BCUT2D eigenvalue weighted by Crippen LogP contribution is -2.33. The fourth-order valence-electron chi connectivity index (χ4n) is 2.73. The van der Waals surface area contributed by atoms with Gasteiger partial charge < -0.3 is 4.90 Å². The van der Waals surface area contributed by atoms with Crippen LogP contribution in [-0.4, -0.2) is 43.8 Å². The summed E-state index contributed by atoms with van der Waals surface area (Å²) in [4.78, 5) is 1.97. The quantitative estimate of drug-likeness (QED) is 0.442. The largest absolute Gasteiger partial charge is 0.309 e.